The number of carbonyl (C=O) groups is 2. The number of sulfonamides is 1. The van der Waals surface area contributed by atoms with Crippen LogP contribution in [0.15, 0.2) is 51.8 Å². The molecule has 2 amide bonds. The molecule has 2 aromatic carbocycles. The van der Waals surface area contributed by atoms with Gasteiger partial charge in [0.05, 0.1) is 5.56 Å². The van der Waals surface area contributed by atoms with Crippen molar-refractivity contribution in [2.24, 2.45) is 0 Å². The predicted molar refractivity (Wildman–Crippen MR) is 114 cm³/mol. The first-order chi connectivity index (χ1) is 13.4. The second-order valence-corrected chi connectivity index (χ2v) is 10.7. The quantitative estimate of drug-likeness (QED) is 0.709. The third-order valence-electron chi connectivity index (χ3n) is 4.98. The Labute approximate surface area is 179 Å². The molecular weight excluding hydrogens is 456 g/mol. The highest BCUT2D eigenvalue weighted by molar-refractivity contribution is 9.10. The van der Waals surface area contributed by atoms with Crippen LogP contribution in [0.25, 0.3) is 0 Å². The zero-order chi connectivity index (χ0) is 21.6. The molecular formula is C21H23BrN2O4S. The summed E-state index contributed by atoms with van der Waals surface area (Å²) in [6, 6.07) is 11.5. The van der Waals surface area contributed by atoms with Crippen molar-refractivity contribution in [3.63, 3.8) is 0 Å². The highest BCUT2D eigenvalue weighted by atomic mass is 79.9. The van der Waals surface area contributed by atoms with Gasteiger partial charge in [-0.05, 0) is 49.7 Å². The number of carbonyl (C=O) groups excluding carboxylic acids is 2. The average molecular weight is 479 g/mol. The standard InChI is InChI=1S/C21H23BrN2O4S/c1-13(2)24-20(26)17-9-8-14(10-18(17)29(24,27)28)19(25)23-12-21(3,4)15-6-5-7-16(22)11-15/h5-11,13H,12H2,1-4H3,(H,23,25). The molecule has 0 bridgehead atoms. The van der Waals surface area contributed by atoms with E-state index in [1.807, 2.05) is 38.1 Å². The summed E-state index contributed by atoms with van der Waals surface area (Å²) in [5.41, 5.74) is 1.04. The van der Waals surface area contributed by atoms with Gasteiger partial charge in [-0.25, -0.2) is 12.7 Å². The number of fused-ring (bicyclic) bond motifs is 1. The summed E-state index contributed by atoms with van der Waals surface area (Å²) >= 11 is 3.45. The lowest BCUT2D eigenvalue weighted by atomic mass is 9.84. The predicted octanol–water partition coefficient (Wildman–Crippen LogP) is 3.71. The summed E-state index contributed by atoms with van der Waals surface area (Å²) in [6.45, 7) is 7.67. The van der Waals surface area contributed by atoms with Gasteiger partial charge in [-0.1, -0.05) is 41.9 Å². The van der Waals surface area contributed by atoms with Crippen molar-refractivity contribution in [1.82, 2.24) is 9.62 Å². The molecule has 1 aliphatic rings. The molecule has 2 aromatic rings. The normalized spacial score (nSPS) is 15.5. The minimum absolute atomic E-state index is 0.102. The Bertz CT molecular complexity index is 1090. The Morgan fingerprint density at radius 3 is 2.48 bits per heavy atom. The Morgan fingerprint density at radius 1 is 1.17 bits per heavy atom. The topological polar surface area (TPSA) is 83.6 Å². The van der Waals surface area contributed by atoms with Gasteiger partial charge < -0.3 is 5.32 Å². The van der Waals surface area contributed by atoms with E-state index in [1.54, 1.807) is 13.8 Å². The van der Waals surface area contributed by atoms with E-state index in [0.717, 1.165) is 14.3 Å². The maximum Gasteiger partial charge on any atom is 0.269 e. The molecule has 0 unspecified atom stereocenters. The SMILES string of the molecule is CC(C)N1C(=O)c2ccc(C(=O)NCC(C)(C)c3cccc(Br)c3)cc2S1(=O)=O. The van der Waals surface area contributed by atoms with Crippen molar-refractivity contribution in [1.29, 1.82) is 0 Å². The van der Waals surface area contributed by atoms with Gasteiger partial charge in [0.25, 0.3) is 21.8 Å². The van der Waals surface area contributed by atoms with E-state index >= 15 is 0 Å². The summed E-state index contributed by atoms with van der Waals surface area (Å²) in [5, 5.41) is 2.87. The zero-order valence-electron chi connectivity index (χ0n) is 16.7. The number of rotatable bonds is 5. The lowest BCUT2D eigenvalue weighted by Gasteiger charge is -2.26. The van der Waals surface area contributed by atoms with Crippen LogP contribution in [0.4, 0.5) is 0 Å². The fourth-order valence-corrected chi connectivity index (χ4v) is 5.51. The van der Waals surface area contributed by atoms with Crippen LogP contribution >= 0.6 is 15.9 Å². The van der Waals surface area contributed by atoms with Crippen LogP contribution in [-0.2, 0) is 15.4 Å². The minimum Gasteiger partial charge on any atom is -0.351 e. The molecule has 0 saturated carbocycles. The van der Waals surface area contributed by atoms with E-state index in [0.29, 0.717) is 6.54 Å². The lowest BCUT2D eigenvalue weighted by molar-refractivity contribution is 0.0845. The molecule has 1 aliphatic heterocycles. The number of nitrogens with one attached hydrogen (secondary N) is 1. The fourth-order valence-electron chi connectivity index (χ4n) is 3.31. The van der Waals surface area contributed by atoms with E-state index in [-0.39, 0.29) is 27.3 Å². The summed E-state index contributed by atoms with van der Waals surface area (Å²) in [4.78, 5) is 25.0. The maximum atomic E-state index is 12.7. The first-order valence-corrected chi connectivity index (χ1v) is 11.5. The number of hydrogen-bond acceptors (Lipinski definition) is 4. The van der Waals surface area contributed by atoms with Gasteiger partial charge in [-0.2, -0.15) is 0 Å². The molecule has 0 aliphatic carbocycles. The van der Waals surface area contributed by atoms with Crippen LogP contribution < -0.4 is 5.32 Å². The highest BCUT2D eigenvalue weighted by Crippen LogP contribution is 2.32. The van der Waals surface area contributed by atoms with Gasteiger partial charge in [-0.3, -0.25) is 9.59 Å². The van der Waals surface area contributed by atoms with E-state index in [2.05, 4.69) is 21.2 Å². The molecule has 154 valence electrons. The number of halogens is 1. The number of hydrogen-bond donors (Lipinski definition) is 1. The van der Waals surface area contributed by atoms with E-state index in [1.165, 1.54) is 18.2 Å². The van der Waals surface area contributed by atoms with Crippen molar-refractivity contribution < 1.29 is 18.0 Å². The Balaban J connectivity index is 1.82. The summed E-state index contributed by atoms with van der Waals surface area (Å²) in [6.07, 6.45) is 0. The van der Waals surface area contributed by atoms with E-state index in [4.69, 9.17) is 0 Å². The number of amides is 2. The van der Waals surface area contributed by atoms with Gasteiger partial charge in [-0.15, -0.1) is 0 Å². The number of benzene rings is 2. The third kappa shape index (κ3) is 3.96. The van der Waals surface area contributed by atoms with Gasteiger partial charge in [0.2, 0.25) is 0 Å². The van der Waals surface area contributed by atoms with Crippen molar-refractivity contribution >= 4 is 37.8 Å². The van der Waals surface area contributed by atoms with E-state index < -0.39 is 22.0 Å². The van der Waals surface area contributed by atoms with Gasteiger partial charge in [0, 0.05) is 28.0 Å². The minimum atomic E-state index is -3.94. The molecule has 3 rings (SSSR count). The molecule has 0 saturated heterocycles. The first-order valence-electron chi connectivity index (χ1n) is 9.22. The summed E-state index contributed by atoms with van der Waals surface area (Å²) in [7, 11) is -3.94. The van der Waals surface area contributed by atoms with Crippen LogP contribution in [0.3, 0.4) is 0 Å². The Hall–Kier alpha value is -2.19. The van der Waals surface area contributed by atoms with Crippen molar-refractivity contribution in [3.05, 3.63) is 63.6 Å². The summed E-state index contributed by atoms with van der Waals surface area (Å²) < 4.78 is 27.2. The monoisotopic (exact) mass is 478 g/mol. The van der Waals surface area contributed by atoms with Gasteiger partial charge >= 0.3 is 0 Å². The molecule has 1 heterocycles. The van der Waals surface area contributed by atoms with Crippen molar-refractivity contribution in [2.45, 2.75) is 44.0 Å². The largest absolute Gasteiger partial charge is 0.351 e. The zero-order valence-corrected chi connectivity index (χ0v) is 19.1. The molecule has 1 N–H and O–H groups in total. The van der Waals surface area contributed by atoms with Gasteiger partial charge in [0.15, 0.2) is 0 Å². The van der Waals surface area contributed by atoms with E-state index in [9.17, 15) is 18.0 Å². The molecule has 0 atom stereocenters. The average Bonchev–Trinajstić information content (AvgIpc) is 2.85. The van der Waals surface area contributed by atoms with Crippen LogP contribution in [0.5, 0.6) is 0 Å². The van der Waals surface area contributed by atoms with Crippen molar-refractivity contribution in [2.75, 3.05) is 6.54 Å². The molecule has 8 heteroatoms. The molecule has 6 nitrogen and oxygen atoms in total. The third-order valence-corrected chi connectivity index (χ3v) is 7.47. The fraction of sp³-hybridized carbons (Fsp3) is 0.333. The Kier molecular flexibility index (Phi) is 5.62. The highest BCUT2D eigenvalue weighted by Gasteiger charge is 2.43. The van der Waals surface area contributed by atoms with Gasteiger partial charge in [0.1, 0.15) is 4.90 Å². The first kappa shape index (κ1) is 21.5. The Morgan fingerprint density at radius 2 is 1.86 bits per heavy atom. The van der Waals surface area contributed by atoms with Crippen LogP contribution in [-0.4, -0.2) is 37.1 Å². The lowest BCUT2D eigenvalue weighted by Crippen LogP contribution is -2.36. The molecule has 0 spiro atoms. The summed E-state index contributed by atoms with van der Waals surface area (Å²) in [5.74, 6) is -0.945. The number of nitrogens with zero attached hydrogens (tertiary/aromatic N) is 1. The van der Waals surface area contributed by atoms with Crippen molar-refractivity contribution in [3.8, 4) is 0 Å². The smallest absolute Gasteiger partial charge is 0.269 e. The van der Waals surface area contributed by atoms with Crippen LogP contribution in [0.2, 0.25) is 0 Å². The second-order valence-electron chi connectivity index (χ2n) is 7.99. The molecule has 0 fully saturated rings. The molecule has 29 heavy (non-hydrogen) atoms. The second kappa shape index (κ2) is 7.57. The van der Waals surface area contributed by atoms with Crippen LogP contribution in [0, 0.1) is 0 Å². The maximum absolute atomic E-state index is 12.7. The van der Waals surface area contributed by atoms with Crippen LogP contribution in [0.1, 0.15) is 54.0 Å². The molecule has 0 aromatic heterocycles. The molecule has 0 radical (unpaired) electrons.